The van der Waals surface area contributed by atoms with Gasteiger partial charge in [0.1, 0.15) is 17.1 Å². The van der Waals surface area contributed by atoms with Gasteiger partial charge in [-0.3, -0.25) is 0 Å². The number of hydrogen-bond donors (Lipinski definition) is 1. The predicted octanol–water partition coefficient (Wildman–Crippen LogP) is 2.63. The molecule has 0 saturated carbocycles. The maximum atomic E-state index is 12.9. The van der Waals surface area contributed by atoms with Crippen LogP contribution in [0, 0.1) is 6.92 Å². The van der Waals surface area contributed by atoms with Crippen LogP contribution in [0.3, 0.4) is 0 Å². The Morgan fingerprint density at radius 1 is 1.32 bits per heavy atom. The van der Waals surface area contributed by atoms with Gasteiger partial charge >= 0.3 is 6.03 Å². The molecule has 3 rings (SSSR count). The van der Waals surface area contributed by atoms with E-state index in [1.54, 1.807) is 23.8 Å². The second-order valence-electron chi connectivity index (χ2n) is 7.55. The number of urea groups is 1. The van der Waals surface area contributed by atoms with Crippen molar-refractivity contribution in [2.24, 2.45) is 7.05 Å². The minimum absolute atomic E-state index is 0.161. The van der Waals surface area contributed by atoms with Gasteiger partial charge in [-0.2, -0.15) is 5.10 Å². The average molecular weight is 388 g/mol. The minimum atomic E-state index is -0.531. The third kappa shape index (κ3) is 4.00. The first-order chi connectivity index (χ1) is 13.2. The van der Waals surface area contributed by atoms with Gasteiger partial charge in [-0.15, -0.1) is 0 Å². The number of ether oxygens (including phenoxy) is 3. The van der Waals surface area contributed by atoms with Gasteiger partial charge in [0.25, 0.3) is 0 Å². The topological polar surface area (TPSA) is 77.9 Å². The molecule has 8 nitrogen and oxygen atoms in total. The maximum Gasteiger partial charge on any atom is 0.318 e. The van der Waals surface area contributed by atoms with Gasteiger partial charge < -0.3 is 24.4 Å². The van der Waals surface area contributed by atoms with Crippen LogP contribution < -0.4 is 19.5 Å². The van der Waals surface area contributed by atoms with E-state index in [0.717, 1.165) is 28.3 Å². The van der Waals surface area contributed by atoms with Crippen LogP contribution in [-0.4, -0.2) is 47.1 Å². The zero-order chi connectivity index (χ0) is 20.5. The molecule has 0 unspecified atom stereocenters. The number of aryl methyl sites for hydroxylation is 2. The Hall–Kier alpha value is -2.90. The monoisotopic (exact) mass is 388 g/mol. The quantitative estimate of drug-likeness (QED) is 0.871. The van der Waals surface area contributed by atoms with Crippen molar-refractivity contribution < 1.29 is 19.0 Å². The van der Waals surface area contributed by atoms with E-state index in [1.807, 2.05) is 46.0 Å². The number of methoxy groups -OCH3 is 2. The van der Waals surface area contributed by atoms with Crippen molar-refractivity contribution in [1.82, 2.24) is 20.0 Å². The summed E-state index contributed by atoms with van der Waals surface area (Å²) in [7, 11) is 5.04. The molecule has 2 heterocycles. The number of fused-ring (bicyclic) bond motifs is 1. The highest BCUT2D eigenvalue weighted by Gasteiger charge is 2.32. The second kappa shape index (κ2) is 7.61. The third-order valence-corrected chi connectivity index (χ3v) is 4.78. The van der Waals surface area contributed by atoms with Crippen LogP contribution in [0.1, 0.15) is 30.7 Å². The summed E-state index contributed by atoms with van der Waals surface area (Å²) in [6.07, 6.45) is 0. The molecular weight excluding hydrogens is 360 g/mol. The van der Waals surface area contributed by atoms with Crippen molar-refractivity contribution in [3.05, 3.63) is 35.0 Å². The predicted molar refractivity (Wildman–Crippen MR) is 105 cm³/mol. The molecule has 2 amide bonds. The Bertz CT molecular complexity index is 875. The smallest absolute Gasteiger partial charge is 0.318 e. The number of amides is 2. The van der Waals surface area contributed by atoms with Gasteiger partial charge in [-0.05, 0) is 32.9 Å². The lowest BCUT2D eigenvalue weighted by atomic mass is 10.1. The van der Waals surface area contributed by atoms with E-state index >= 15 is 0 Å². The SMILES string of the molecule is COc1ccc2c(c1)OC(C)(C)CN(C(=O)NCc1c(C)nn(C)c1OC)C2. The summed E-state index contributed by atoms with van der Waals surface area (Å²) >= 11 is 0. The largest absolute Gasteiger partial charge is 0.497 e. The van der Waals surface area contributed by atoms with E-state index in [0.29, 0.717) is 25.5 Å². The summed E-state index contributed by atoms with van der Waals surface area (Å²) in [4.78, 5) is 14.7. The normalized spacial score (nSPS) is 15.3. The first-order valence-corrected chi connectivity index (χ1v) is 9.19. The number of nitrogens with one attached hydrogen (secondary N) is 1. The number of rotatable bonds is 4. The summed E-state index contributed by atoms with van der Waals surface area (Å²) in [6, 6.07) is 5.51. The molecule has 2 aromatic rings. The Balaban J connectivity index is 1.77. The minimum Gasteiger partial charge on any atom is -0.497 e. The van der Waals surface area contributed by atoms with Crippen LogP contribution in [0.5, 0.6) is 17.4 Å². The first kappa shape index (κ1) is 19.9. The molecule has 0 atom stereocenters. The maximum absolute atomic E-state index is 12.9. The standard InChI is InChI=1S/C20H28N4O4/c1-13-16(18(27-6)23(4)22-13)10-21-19(25)24-11-14-7-8-15(26-5)9-17(14)28-20(2,3)12-24/h7-9H,10-12H2,1-6H3,(H,21,25). The van der Waals surface area contributed by atoms with E-state index in [4.69, 9.17) is 14.2 Å². The molecule has 28 heavy (non-hydrogen) atoms. The number of hydrogen-bond acceptors (Lipinski definition) is 5. The van der Waals surface area contributed by atoms with Gasteiger partial charge in [-0.1, -0.05) is 0 Å². The van der Waals surface area contributed by atoms with Crippen molar-refractivity contribution in [2.45, 2.75) is 39.5 Å². The molecule has 0 bridgehead atoms. The van der Waals surface area contributed by atoms with E-state index in [-0.39, 0.29) is 6.03 Å². The molecular formula is C20H28N4O4. The van der Waals surface area contributed by atoms with Crippen molar-refractivity contribution in [3.8, 4) is 17.4 Å². The summed E-state index contributed by atoms with van der Waals surface area (Å²) in [5.41, 5.74) is 2.11. The molecule has 0 fully saturated rings. The zero-order valence-corrected chi connectivity index (χ0v) is 17.3. The highest BCUT2D eigenvalue weighted by atomic mass is 16.5. The van der Waals surface area contributed by atoms with Crippen LogP contribution >= 0.6 is 0 Å². The van der Waals surface area contributed by atoms with Crippen LogP contribution in [0.15, 0.2) is 18.2 Å². The highest BCUT2D eigenvalue weighted by molar-refractivity contribution is 5.74. The fraction of sp³-hybridized carbons (Fsp3) is 0.500. The summed E-state index contributed by atoms with van der Waals surface area (Å²) in [6.45, 7) is 7.09. The molecule has 0 radical (unpaired) electrons. The van der Waals surface area contributed by atoms with Gasteiger partial charge in [0.15, 0.2) is 0 Å². The molecule has 1 aliphatic rings. The molecule has 1 aromatic carbocycles. The van der Waals surface area contributed by atoms with Gasteiger partial charge in [-0.25, -0.2) is 9.48 Å². The van der Waals surface area contributed by atoms with E-state index < -0.39 is 5.60 Å². The van der Waals surface area contributed by atoms with Gasteiger partial charge in [0, 0.05) is 18.7 Å². The lowest BCUT2D eigenvalue weighted by molar-refractivity contribution is 0.0805. The second-order valence-corrected chi connectivity index (χ2v) is 7.55. The number of carbonyl (C=O) groups excluding carboxylic acids is 1. The average Bonchev–Trinajstić information content (AvgIpc) is 2.82. The molecule has 0 spiro atoms. The molecule has 1 aromatic heterocycles. The van der Waals surface area contributed by atoms with Crippen molar-refractivity contribution in [2.75, 3.05) is 20.8 Å². The summed E-state index contributed by atoms with van der Waals surface area (Å²) in [5.74, 6) is 2.12. The lowest BCUT2D eigenvalue weighted by Crippen LogP contribution is -2.47. The van der Waals surface area contributed by atoms with E-state index in [9.17, 15) is 4.79 Å². The highest BCUT2D eigenvalue weighted by Crippen LogP contribution is 2.32. The van der Waals surface area contributed by atoms with Crippen LogP contribution in [-0.2, 0) is 20.1 Å². The number of benzene rings is 1. The lowest BCUT2D eigenvalue weighted by Gasteiger charge is -2.29. The first-order valence-electron chi connectivity index (χ1n) is 9.19. The fourth-order valence-corrected chi connectivity index (χ4v) is 3.50. The van der Waals surface area contributed by atoms with Gasteiger partial charge in [0.2, 0.25) is 5.88 Å². The van der Waals surface area contributed by atoms with E-state index in [1.165, 1.54) is 0 Å². The van der Waals surface area contributed by atoms with Crippen molar-refractivity contribution >= 4 is 6.03 Å². The number of aromatic nitrogens is 2. The summed E-state index contributed by atoms with van der Waals surface area (Å²) < 4.78 is 18.5. The van der Waals surface area contributed by atoms with E-state index in [2.05, 4.69) is 10.4 Å². The molecule has 152 valence electrons. The molecule has 0 aliphatic carbocycles. The van der Waals surface area contributed by atoms with Crippen LogP contribution in [0.25, 0.3) is 0 Å². The van der Waals surface area contributed by atoms with Crippen LogP contribution in [0.4, 0.5) is 4.79 Å². The molecule has 8 heteroatoms. The number of nitrogens with zero attached hydrogens (tertiary/aromatic N) is 3. The Morgan fingerprint density at radius 3 is 2.75 bits per heavy atom. The molecule has 1 N–H and O–H groups in total. The van der Waals surface area contributed by atoms with Crippen LogP contribution in [0.2, 0.25) is 0 Å². The van der Waals surface area contributed by atoms with Crippen molar-refractivity contribution in [1.29, 1.82) is 0 Å². The molecule has 0 saturated heterocycles. The Kier molecular flexibility index (Phi) is 5.40. The fourth-order valence-electron chi connectivity index (χ4n) is 3.50. The van der Waals surface area contributed by atoms with Gasteiger partial charge in [0.05, 0.1) is 45.1 Å². The number of carbonyl (C=O) groups is 1. The Morgan fingerprint density at radius 2 is 2.07 bits per heavy atom. The summed E-state index contributed by atoms with van der Waals surface area (Å²) in [5, 5.41) is 7.34. The van der Waals surface area contributed by atoms with Crippen molar-refractivity contribution in [3.63, 3.8) is 0 Å². The zero-order valence-electron chi connectivity index (χ0n) is 17.3. The molecule has 1 aliphatic heterocycles. The Labute approximate surface area is 165 Å². The third-order valence-electron chi connectivity index (χ3n) is 4.78.